The first-order valence-electron chi connectivity index (χ1n) is 5.57. The third-order valence-electron chi connectivity index (χ3n) is 2.32. The minimum atomic E-state index is -0.0612. The van der Waals surface area contributed by atoms with Gasteiger partial charge >= 0.3 is 0 Å². The number of hydrogen-bond acceptors (Lipinski definition) is 3. The van der Waals surface area contributed by atoms with Crippen LogP contribution in [0.5, 0.6) is 0 Å². The first-order chi connectivity index (χ1) is 7.85. The van der Waals surface area contributed by atoms with Crippen LogP contribution in [0.4, 0.5) is 5.82 Å². The van der Waals surface area contributed by atoms with E-state index in [0.717, 1.165) is 16.7 Å². The number of halogens is 1. The molecular weight excluding hydrogens is 234 g/mol. The summed E-state index contributed by atoms with van der Waals surface area (Å²) in [6.45, 7) is 8.31. The molecule has 0 radical (unpaired) electrons. The number of aryl methyl sites for hydroxylation is 1. The van der Waals surface area contributed by atoms with Crippen molar-refractivity contribution in [2.24, 2.45) is 0 Å². The molecule has 17 heavy (non-hydrogen) atoms. The van der Waals surface area contributed by atoms with E-state index in [1.165, 1.54) is 5.56 Å². The van der Waals surface area contributed by atoms with Crippen LogP contribution in [0.15, 0.2) is 18.2 Å². The van der Waals surface area contributed by atoms with Crippen molar-refractivity contribution in [1.82, 2.24) is 9.97 Å². The van der Waals surface area contributed by atoms with Crippen molar-refractivity contribution in [3.8, 4) is 0 Å². The van der Waals surface area contributed by atoms with E-state index in [1.54, 1.807) is 0 Å². The smallest absolute Gasteiger partial charge is 0.224 e. The van der Waals surface area contributed by atoms with Gasteiger partial charge in [0.15, 0.2) is 0 Å². The Bertz CT molecular complexity index is 558. The zero-order chi connectivity index (χ0) is 12.6. The monoisotopic (exact) mass is 249 g/mol. The summed E-state index contributed by atoms with van der Waals surface area (Å²) in [5, 5.41) is 4.63. The Kier molecular flexibility index (Phi) is 2.96. The fourth-order valence-corrected chi connectivity index (χ4v) is 1.84. The lowest BCUT2D eigenvalue weighted by molar-refractivity contribution is 0.631. The first kappa shape index (κ1) is 12.1. The van der Waals surface area contributed by atoms with E-state index in [0.29, 0.717) is 0 Å². The van der Waals surface area contributed by atoms with E-state index < -0.39 is 0 Å². The molecule has 0 spiro atoms. The molecule has 0 aliphatic carbocycles. The highest BCUT2D eigenvalue weighted by Gasteiger charge is 2.14. The van der Waals surface area contributed by atoms with E-state index in [9.17, 15) is 0 Å². The molecule has 0 unspecified atom stereocenters. The maximum absolute atomic E-state index is 5.93. The minimum absolute atomic E-state index is 0.0612. The number of benzene rings is 1. The standard InChI is InChI=1S/C13H16ClN3/c1-8-5-6-10-9(7-8)11(16-12(14)15-10)17-13(2,3)4/h5-7H,1-4H3,(H,15,16,17). The molecule has 3 nitrogen and oxygen atoms in total. The molecule has 90 valence electrons. The Balaban J connectivity index is 2.63. The molecule has 1 aromatic heterocycles. The molecule has 1 heterocycles. The Hall–Kier alpha value is -1.35. The highest BCUT2D eigenvalue weighted by molar-refractivity contribution is 6.28. The number of fused-ring (bicyclic) bond motifs is 1. The number of nitrogens with one attached hydrogen (secondary N) is 1. The lowest BCUT2D eigenvalue weighted by Crippen LogP contribution is -2.27. The molecule has 0 amide bonds. The Morgan fingerprint density at radius 3 is 2.53 bits per heavy atom. The molecule has 0 aliphatic rings. The SMILES string of the molecule is Cc1ccc2nc(Cl)nc(NC(C)(C)C)c2c1. The largest absolute Gasteiger partial charge is 0.365 e. The summed E-state index contributed by atoms with van der Waals surface area (Å²) >= 11 is 5.93. The molecule has 0 saturated heterocycles. The molecule has 0 aliphatic heterocycles. The van der Waals surface area contributed by atoms with Crippen molar-refractivity contribution in [3.05, 3.63) is 29.0 Å². The van der Waals surface area contributed by atoms with Gasteiger partial charge in [0, 0.05) is 10.9 Å². The summed E-state index contributed by atoms with van der Waals surface area (Å²) < 4.78 is 0. The number of aromatic nitrogens is 2. The van der Waals surface area contributed by atoms with Gasteiger partial charge in [0.05, 0.1) is 5.52 Å². The van der Waals surface area contributed by atoms with Crippen LogP contribution >= 0.6 is 11.6 Å². The zero-order valence-corrected chi connectivity index (χ0v) is 11.3. The van der Waals surface area contributed by atoms with Gasteiger partial charge in [0.1, 0.15) is 5.82 Å². The number of rotatable bonds is 1. The summed E-state index contributed by atoms with van der Waals surface area (Å²) in [5.41, 5.74) is 1.98. The molecule has 0 atom stereocenters. The normalized spacial score (nSPS) is 11.8. The van der Waals surface area contributed by atoms with Crippen LogP contribution in [-0.4, -0.2) is 15.5 Å². The van der Waals surface area contributed by atoms with Crippen molar-refractivity contribution in [2.45, 2.75) is 33.2 Å². The Morgan fingerprint density at radius 2 is 1.88 bits per heavy atom. The van der Waals surface area contributed by atoms with Crippen LogP contribution in [0.2, 0.25) is 5.28 Å². The third-order valence-corrected chi connectivity index (χ3v) is 2.49. The molecule has 0 fully saturated rings. The van der Waals surface area contributed by atoms with Crippen LogP contribution < -0.4 is 5.32 Å². The van der Waals surface area contributed by atoms with Crippen molar-refractivity contribution in [3.63, 3.8) is 0 Å². The van der Waals surface area contributed by atoms with E-state index in [-0.39, 0.29) is 10.8 Å². The fourth-order valence-electron chi connectivity index (χ4n) is 1.66. The van der Waals surface area contributed by atoms with Gasteiger partial charge in [-0.2, -0.15) is 0 Å². The van der Waals surface area contributed by atoms with Crippen molar-refractivity contribution in [1.29, 1.82) is 0 Å². The fraction of sp³-hybridized carbons (Fsp3) is 0.385. The van der Waals surface area contributed by atoms with E-state index in [4.69, 9.17) is 11.6 Å². The number of nitrogens with zero attached hydrogens (tertiary/aromatic N) is 2. The van der Waals surface area contributed by atoms with Crippen molar-refractivity contribution in [2.75, 3.05) is 5.32 Å². The summed E-state index contributed by atoms with van der Waals surface area (Å²) in [6, 6.07) is 6.05. The number of anilines is 1. The van der Waals surface area contributed by atoms with Gasteiger partial charge in [-0.05, 0) is 51.4 Å². The zero-order valence-electron chi connectivity index (χ0n) is 10.5. The van der Waals surface area contributed by atoms with Crippen LogP contribution in [0.25, 0.3) is 10.9 Å². The topological polar surface area (TPSA) is 37.8 Å². The predicted molar refractivity (Wildman–Crippen MR) is 72.7 cm³/mol. The minimum Gasteiger partial charge on any atom is -0.365 e. The Labute approximate surface area is 106 Å². The summed E-state index contributed by atoms with van der Waals surface area (Å²) in [4.78, 5) is 8.49. The molecule has 0 saturated carbocycles. The van der Waals surface area contributed by atoms with Crippen LogP contribution in [0.3, 0.4) is 0 Å². The van der Waals surface area contributed by atoms with Gasteiger partial charge in [-0.25, -0.2) is 9.97 Å². The summed E-state index contributed by atoms with van der Waals surface area (Å²) in [5.74, 6) is 0.788. The van der Waals surface area contributed by atoms with E-state index in [1.807, 2.05) is 12.1 Å². The van der Waals surface area contributed by atoms with Gasteiger partial charge in [-0.1, -0.05) is 11.6 Å². The molecule has 0 bridgehead atoms. The molecule has 1 aromatic carbocycles. The molecule has 4 heteroatoms. The van der Waals surface area contributed by atoms with Crippen LogP contribution in [0, 0.1) is 6.92 Å². The van der Waals surface area contributed by atoms with Gasteiger partial charge < -0.3 is 5.32 Å². The van der Waals surface area contributed by atoms with Crippen LogP contribution in [-0.2, 0) is 0 Å². The molecule has 2 aromatic rings. The summed E-state index contributed by atoms with van der Waals surface area (Å²) in [7, 11) is 0. The maximum atomic E-state index is 5.93. The molecule has 2 rings (SSSR count). The predicted octanol–water partition coefficient (Wildman–Crippen LogP) is 3.80. The Morgan fingerprint density at radius 1 is 1.18 bits per heavy atom. The van der Waals surface area contributed by atoms with Gasteiger partial charge in [0.2, 0.25) is 5.28 Å². The third kappa shape index (κ3) is 2.86. The lowest BCUT2D eigenvalue weighted by atomic mass is 10.1. The lowest BCUT2D eigenvalue weighted by Gasteiger charge is -2.22. The van der Waals surface area contributed by atoms with E-state index in [2.05, 4.69) is 49.0 Å². The number of hydrogen-bond donors (Lipinski definition) is 1. The highest BCUT2D eigenvalue weighted by Crippen LogP contribution is 2.25. The highest BCUT2D eigenvalue weighted by atomic mass is 35.5. The average Bonchev–Trinajstić information content (AvgIpc) is 2.16. The second kappa shape index (κ2) is 4.15. The quantitative estimate of drug-likeness (QED) is 0.781. The van der Waals surface area contributed by atoms with Crippen molar-refractivity contribution < 1.29 is 0 Å². The van der Waals surface area contributed by atoms with Crippen LogP contribution in [0.1, 0.15) is 26.3 Å². The van der Waals surface area contributed by atoms with Gasteiger partial charge in [-0.15, -0.1) is 0 Å². The first-order valence-corrected chi connectivity index (χ1v) is 5.95. The van der Waals surface area contributed by atoms with Crippen molar-refractivity contribution >= 4 is 28.3 Å². The van der Waals surface area contributed by atoms with Gasteiger partial charge in [-0.3, -0.25) is 0 Å². The maximum Gasteiger partial charge on any atom is 0.224 e. The molecular formula is C13H16ClN3. The van der Waals surface area contributed by atoms with E-state index >= 15 is 0 Å². The average molecular weight is 250 g/mol. The van der Waals surface area contributed by atoms with Gasteiger partial charge in [0.25, 0.3) is 0 Å². The second-order valence-corrected chi connectivity index (χ2v) is 5.57. The second-order valence-electron chi connectivity index (χ2n) is 5.24. The molecule has 1 N–H and O–H groups in total. The summed E-state index contributed by atoms with van der Waals surface area (Å²) in [6.07, 6.45) is 0.